The molecule has 2 heterocycles. The molecule has 31 heavy (non-hydrogen) atoms. The van der Waals surface area contributed by atoms with Gasteiger partial charge in [0.15, 0.2) is 0 Å². The van der Waals surface area contributed by atoms with Gasteiger partial charge in [0.25, 0.3) is 5.91 Å². The van der Waals surface area contributed by atoms with Crippen LogP contribution in [0.1, 0.15) is 42.1 Å². The van der Waals surface area contributed by atoms with E-state index in [9.17, 15) is 18.0 Å². The summed E-state index contributed by atoms with van der Waals surface area (Å²) in [4.78, 5) is 27.8. The lowest BCUT2D eigenvalue weighted by Gasteiger charge is -2.32. The number of carbonyl (C=O) groups is 1. The average molecular weight is 440 g/mol. The molecule has 4 rings (SSSR count). The van der Waals surface area contributed by atoms with Gasteiger partial charge in [0.05, 0.1) is 10.5 Å². The largest absolute Gasteiger partial charge is 0.348 e. The van der Waals surface area contributed by atoms with Crippen LogP contribution in [-0.2, 0) is 16.6 Å². The molecule has 2 N–H and O–H groups in total. The molecule has 1 aliphatic rings. The summed E-state index contributed by atoms with van der Waals surface area (Å²) in [6.45, 7) is 2.70. The first-order valence-electron chi connectivity index (χ1n) is 10.4. The van der Waals surface area contributed by atoms with Crippen molar-refractivity contribution in [2.45, 2.75) is 43.7 Å². The van der Waals surface area contributed by atoms with Crippen LogP contribution >= 0.6 is 0 Å². The molecule has 3 aromatic rings. The minimum absolute atomic E-state index is 0.0707. The number of hydrogen-bond donors (Lipinski definition) is 2. The number of nitrogens with one attached hydrogen (secondary N) is 2. The molecule has 1 aliphatic heterocycles. The van der Waals surface area contributed by atoms with E-state index in [0.717, 1.165) is 24.8 Å². The van der Waals surface area contributed by atoms with Crippen LogP contribution in [0.4, 0.5) is 0 Å². The first-order valence-corrected chi connectivity index (χ1v) is 11.8. The third kappa shape index (κ3) is 4.40. The second-order valence-corrected chi connectivity index (χ2v) is 9.77. The monoisotopic (exact) mass is 439 g/mol. The van der Waals surface area contributed by atoms with E-state index in [-0.39, 0.29) is 16.5 Å². The van der Waals surface area contributed by atoms with Crippen LogP contribution in [0.25, 0.3) is 10.9 Å². The van der Waals surface area contributed by atoms with Crippen molar-refractivity contribution < 1.29 is 13.2 Å². The molecule has 0 aliphatic carbocycles. The molecule has 1 amide bonds. The zero-order valence-corrected chi connectivity index (χ0v) is 18.1. The average Bonchev–Trinajstić information content (AvgIpc) is 2.77. The Hall–Kier alpha value is -2.97. The van der Waals surface area contributed by atoms with E-state index in [1.54, 1.807) is 6.07 Å². The number of benzene rings is 2. The van der Waals surface area contributed by atoms with Crippen molar-refractivity contribution in [3.8, 4) is 0 Å². The Labute approximate surface area is 181 Å². The quantitative estimate of drug-likeness (QED) is 0.638. The number of sulfonamides is 1. The number of aromatic nitrogens is 1. The smallest absolute Gasteiger partial charge is 0.252 e. The third-order valence-electron chi connectivity index (χ3n) is 5.70. The maximum Gasteiger partial charge on any atom is 0.252 e. The molecule has 162 valence electrons. The van der Waals surface area contributed by atoms with Crippen molar-refractivity contribution in [2.24, 2.45) is 0 Å². The van der Waals surface area contributed by atoms with Gasteiger partial charge in [0.1, 0.15) is 0 Å². The molecule has 0 bridgehead atoms. The standard InChI is InChI=1S/C23H25N3O4S/c1-16-7-5-6-12-26(16)31(29,30)18-10-11-21-19(13-18)20(14-22(27)25-21)23(28)24-15-17-8-3-2-4-9-17/h2-4,8-11,13-14,16H,5-7,12,15H2,1H3,(H,24,28)(H,25,27). The van der Waals surface area contributed by atoms with Gasteiger partial charge in [0, 0.05) is 36.1 Å². The normalized spacial score (nSPS) is 17.5. The molecule has 0 spiro atoms. The Morgan fingerprint density at radius 2 is 1.90 bits per heavy atom. The lowest BCUT2D eigenvalue weighted by atomic mass is 10.1. The summed E-state index contributed by atoms with van der Waals surface area (Å²) in [5.41, 5.74) is 1.08. The molecule has 2 aromatic carbocycles. The fourth-order valence-corrected chi connectivity index (χ4v) is 5.75. The zero-order valence-electron chi connectivity index (χ0n) is 17.3. The van der Waals surface area contributed by atoms with Crippen LogP contribution in [-0.4, -0.2) is 36.2 Å². The van der Waals surface area contributed by atoms with E-state index in [1.807, 2.05) is 37.3 Å². The molecular formula is C23H25N3O4S. The number of H-pyrrole nitrogens is 1. The molecule has 0 radical (unpaired) electrons. The highest BCUT2D eigenvalue weighted by Crippen LogP contribution is 2.27. The van der Waals surface area contributed by atoms with E-state index in [0.29, 0.717) is 24.0 Å². The van der Waals surface area contributed by atoms with Gasteiger partial charge in [-0.1, -0.05) is 36.8 Å². The van der Waals surface area contributed by atoms with E-state index in [4.69, 9.17) is 0 Å². The molecule has 1 saturated heterocycles. The second-order valence-electron chi connectivity index (χ2n) is 7.88. The predicted molar refractivity (Wildman–Crippen MR) is 119 cm³/mol. The van der Waals surface area contributed by atoms with Gasteiger partial charge in [-0.2, -0.15) is 4.31 Å². The van der Waals surface area contributed by atoms with Crippen LogP contribution < -0.4 is 10.9 Å². The number of amides is 1. The van der Waals surface area contributed by atoms with Gasteiger partial charge < -0.3 is 10.3 Å². The fraction of sp³-hybridized carbons (Fsp3) is 0.304. The van der Waals surface area contributed by atoms with Crippen LogP contribution in [0.3, 0.4) is 0 Å². The number of aromatic amines is 1. The number of pyridine rings is 1. The maximum absolute atomic E-state index is 13.3. The number of rotatable bonds is 5. The van der Waals surface area contributed by atoms with Crippen LogP contribution in [0, 0.1) is 0 Å². The first kappa shape index (κ1) is 21.3. The highest BCUT2D eigenvalue weighted by Gasteiger charge is 2.31. The van der Waals surface area contributed by atoms with Gasteiger partial charge in [-0.25, -0.2) is 8.42 Å². The Bertz CT molecular complexity index is 1270. The summed E-state index contributed by atoms with van der Waals surface area (Å²) in [6.07, 6.45) is 2.67. The fourth-order valence-electron chi connectivity index (χ4n) is 4.02. The Kier molecular flexibility index (Phi) is 5.93. The summed E-state index contributed by atoms with van der Waals surface area (Å²) in [5, 5.41) is 3.21. The summed E-state index contributed by atoms with van der Waals surface area (Å²) in [7, 11) is -3.70. The lowest BCUT2D eigenvalue weighted by Crippen LogP contribution is -2.41. The van der Waals surface area contributed by atoms with Gasteiger partial charge >= 0.3 is 0 Å². The van der Waals surface area contributed by atoms with E-state index in [1.165, 1.54) is 22.5 Å². The highest BCUT2D eigenvalue weighted by atomic mass is 32.2. The Balaban J connectivity index is 1.71. The lowest BCUT2D eigenvalue weighted by molar-refractivity contribution is 0.0952. The van der Waals surface area contributed by atoms with Gasteiger partial charge in [-0.05, 0) is 43.5 Å². The number of piperidine rings is 1. The molecule has 7 nitrogen and oxygen atoms in total. The Morgan fingerprint density at radius 3 is 2.65 bits per heavy atom. The predicted octanol–water partition coefficient (Wildman–Crippen LogP) is 3.02. The summed E-state index contributed by atoms with van der Waals surface area (Å²) < 4.78 is 28.0. The summed E-state index contributed by atoms with van der Waals surface area (Å²) in [5.74, 6) is -0.430. The summed E-state index contributed by atoms with van der Waals surface area (Å²) >= 11 is 0. The number of nitrogens with zero attached hydrogens (tertiary/aromatic N) is 1. The van der Waals surface area contributed by atoms with Crippen LogP contribution in [0.15, 0.2) is 64.3 Å². The van der Waals surface area contributed by atoms with Gasteiger partial charge in [-0.3, -0.25) is 9.59 Å². The molecular weight excluding hydrogens is 414 g/mol. The minimum atomic E-state index is -3.70. The molecule has 1 aromatic heterocycles. The number of carbonyl (C=O) groups excluding carboxylic acids is 1. The van der Waals surface area contributed by atoms with Crippen molar-refractivity contribution in [1.29, 1.82) is 0 Å². The van der Waals surface area contributed by atoms with Gasteiger partial charge in [0.2, 0.25) is 15.6 Å². The molecule has 1 atom stereocenters. The SMILES string of the molecule is CC1CCCCN1S(=O)(=O)c1ccc2[nH]c(=O)cc(C(=O)NCc3ccccc3)c2c1. The molecule has 0 saturated carbocycles. The van der Waals surface area contributed by atoms with Crippen molar-refractivity contribution in [2.75, 3.05) is 6.54 Å². The summed E-state index contributed by atoms with van der Waals surface area (Å²) in [6, 6.07) is 15.1. The minimum Gasteiger partial charge on any atom is -0.348 e. The highest BCUT2D eigenvalue weighted by molar-refractivity contribution is 7.89. The maximum atomic E-state index is 13.3. The van der Waals surface area contributed by atoms with E-state index >= 15 is 0 Å². The first-order chi connectivity index (χ1) is 14.9. The topological polar surface area (TPSA) is 99.3 Å². The molecule has 1 unspecified atom stereocenters. The third-order valence-corrected chi connectivity index (χ3v) is 7.71. The number of hydrogen-bond acceptors (Lipinski definition) is 4. The number of fused-ring (bicyclic) bond motifs is 1. The van der Waals surface area contributed by atoms with E-state index < -0.39 is 21.5 Å². The van der Waals surface area contributed by atoms with Gasteiger partial charge in [-0.15, -0.1) is 0 Å². The van der Waals surface area contributed by atoms with Crippen molar-refractivity contribution in [3.05, 3.63) is 76.1 Å². The Morgan fingerprint density at radius 1 is 1.13 bits per heavy atom. The van der Waals surface area contributed by atoms with Crippen LogP contribution in [0.5, 0.6) is 0 Å². The van der Waals surface area contributed by atoms with Crippen molar-refractivity contribution in [3.63, 3.8) is 0 Å². The van der Waals surface area contributed by atoms with Crippen molar-refractivity contribution in [1.82, 2.24) is 14.6 Å². The van der Waals surface area contributed by atoms with Crippen molar-refractivity contribution >= 4 is 26.8 Å². The molecule has 1 fully saturated rings. The van der Waals surface area contributed by atoms with E-state index in [2.05, 4.69) is 10.3 Å². The van der Waals surface area contributed by atoms with Crippen LogP contribution in [0.2, 0.25) is 0 Å². The second kappa shape index (κ2) is 8.64. The zero-order chi connectivity index (χ0) is 22.0. The molecule has 8 heteroatoms.